The molecule has 0 aliphatic carbocycles. The predicted molar refractivity (Wildman–Crippen MR) is 90.3 cm³/mol. The van der Waals surface area contributed by atoms with Gasteiger partial charge >= 0.3 is 6.03 Å². The van der Waals surface area contributed by atoms with Crippen LogP contribution in [0.4, 0.5) is 14.9 Å². The number of nitrogens with one attached hydrogen (secondary N) is 3. The topological polar surface area (TPSA) is 104 Å². The molecular formula is C16H20FN3O4S. The first-order valence-corrected chi connectivity index (χ1v) is 9.91. The van der Waals surface area contributed by atoms with Crippen molar-refractivity contribution in [3.05, 3.63) is 30.1 Å². The SMILES string of the molecule is O=C(CCCC[C@@H]1[C@H]2NC(=O)N[C@H]2CS1(=O)=O)Nc1cccc(F)c1. The van der Waals surface area contributed by atoms with Crippen LogP contribution in [-0.2, 0) is 14.6 Å². The first kappa shape index (κ1) is 17.7. The fraction of sp³-hybridized carbons (Fsp3) is 0.500. The van der Waals surface area contributed by atoms with Crippen molar-refractivity contribution in [3.63, 3.8) is 0 Å². The molecule has 2 saturated heterocycles. The number of unbranched alkanes of at least 4 members (excludes halogenated alkanes) is 1. The molecular weight excluding hydrogens is 349 g/mol. The molecule has 0 unspecified atom stereocenters. The van der Waals surface area contributed by atoms with E-state index in [0.29, 0.717) is 24.9 Å². The molecule has 3 N–H and O–H groups in total. The summed E-state index contributed by atoms with van der Waals surface area (Å²) in [7, 11) is -3.24. The first-order chi connectivity index (χ1) is 11.8. The van der Waals surface area contributed by atoms with Crippen LogP contribution in [0.25, 0.3) is 0 Å². The Bertz CT molecular complexity index is 783. The second-order valence-corrected chi connectivity index (χ2v) is 8.69. The summed E-state index contributed by atoms with van der Waals surface area (Å²) >= 11 is 0. The molecule has 3 rings (SSSR count). The molecule has 2 aliphatic rings. The van der Waals surface area contributed by atoms with Gasteiger partial charge in [-0.25, -0.2) is 17.6 Å². The summed E-state index contributed by atoms with van der Waals surface area (Å²) in [6.45, 7) is 0. The Morgan fingerprint density at radius 2 is 2.08 bits per heavy atom. The summed E-state index contributed by atoms with van der Waals surface area (Å²) < 4.78 is 37.4. The van der Waals surface area contributed by atoms with Crippen LogP contribution in [-0.4, -0.2) is 43.4 Å². The van der Waals surface area contributed by atoms with Crippen molar-refractivity contribution < 1.29 is 22.4 Å². The summed E-state index contributed by atoms with van der Waals surface area (Å²) in [6, 6.07) is 4.56. The summed E-state index contributed by atoms with van der Waals surface area (Å²) in [4.78, 5) is 23.2. The van der Waals surface area contributed by atoms with Crippen LogP contribution in [0, 0.1) is 5.82 Å². The molecule has 9 heteroatoms. The fourth-order valence-corrected chi connectivity index (χ4v) is 5.70. The molecule has 0 spiro atoms. The Labute approximate surface area is 145 Å². The molecule has 0 radical (unpaired) electrons. The molecule has 2 heterocycles. The van der Waals surface area contributed by atoms with Gasteiger partial charge in [-0.1, -0.05) is 12.5 Å². The number of hydrogen-bond donors (Lipinski definition) is 3. The lowest BCUT2D eigenvalue weighted by atomic mass is 10.0. The second kappa shape index (κ2) is 6.99. The maximum atomic E-state index is 13.1. The van der Waals surface area contributed by atoms with Crippen molar-refractivity contribution in [1.82, 2.24) is 10.6 Å². The fourth-order valence-electron chi connectivity index (χ4n) is 3.43. The molecule has 136 valence electrons. The van der Waals surface area contributed by atoms with Gasteiger partial charge in [-0.15, -0.1) is 0 Å². The molecule has 0 bridgehead atoms. The van der Waals surface area contributed by atoms with Crippen LogP contribution < -0.4 is 16.0 Å². The van der Waals surface area contributed by atoms with Gasteiger partial charge in [0.1, 0.15) is 5.82 Å². The summed E-state index contributed by atoms with van der Waals surface area (Å²) in [5.74, 6) is -0.708. The summed E-state index contributed by atoms with van der Waals surface area (Å²) in [5, 5.41) is 7.28. The standard InChI is InChI=1S/C16H20FN3O4S/c17-10-4-3-5-11(8-10)18-14(21)7-2-1-6-13-15-12(9-25(13,23)24)19-16(22)20-15/h3-5,8,12-13,15H,1-2,6-7,9H2,(H,18,21)(H2,19,20,22)/t12-,13+,15-/m0/s1. The molecule has 3 amide bonds. The molecule has 2 fully saturated rings. The van der Waals surface area contributed by atoms with Crippen LogP contribution in [0.3, 0.4) is 0 Å². The number of halogens is 1. The number of carbonyl (C=O) groups excluding carboxylic acids is 2. The number of amides is 3. The van der Waals surface area contributed by atoms with E-state index in [-0.39, 0.29) is 30.2 Å². The van der Waals surface area contributed by atoms with Crippen molar-refractivity contribution in [1.29, 1.82) is 0 Å². The lowest BCUT2D eigenvalue weighted by molar-refractivity contribution is -0.116. The number of carbonyl (C=O) groups is 2. The minimum atomic E-state index is -3.24. The van der Waals surface area contributed by atoms with Gasteiger partial charge in [-0.3, -0.25) is 4.79 Å². The highest BCUT2D eigenvalue weighted by molar-refractivity contribution is 7.92. The third-order valence-corrected chi connectivity index (χ3v) is 6.85. The van der Waals surface area contributed by atoms with Gasteiger partial charge in [-0.2, -0.15) is 0 Å². The van der Waals surface area contributed by atoms with Crippen molar-refractivity contribution >= 4 is 27.5 Å². The normalized spacial score (nSPS) is 26.6. The lowest BCUT2D eigenvalue weighted by Gasteiger charge is -2.16. The highest BCUT2D eigenvalue weighted by Gasteiger charge is 2.51. The van der Waals surface area contributed by atoms with Crippen molar-refractivity contribution in [2.75, 3.05) is 11.1 Å². The van der Waals surface area contributed by atoms with E-state index in [1.54, 1.807) is 6.07 Å². The number of urea groups is 1. The van der Waals surface area contributed by atoms with Crippen molar-refractivity contribution in [2.45, 2.75) is 43.0 Å². The zero-order chi connectivity index (χ0) is 18.0. The smallest absolute Gasteiger partial charge is 0.315 e. The largest absolute Gasteiger partial charge is 0.332 e. The van der Waals surface area contributed by atoms with E-state index >= 15 is 0 Å². The zero-order valence-electron chi connectivity index (χ0n) is 13.5. The molecule has 1 aromatic carbocycles. The van der Waals surface area contributed by atoms with Gasteiger partial charge in [0, 0.05) is 12.1 Å². The van der Waals surface area contributed by atoms with E-state index in [9.17, 15) is 22.4 Å². The number of sulfone groups is 1. The van der Waals surface area contributed by atoms with E-state index in [4.69, 9.17) is 0 Å². The predicted octanol–water partition coefficient (Wildman–Crippen LogP) is 1.17. The highest BCUT2D eigenvalue weighted by atomic mass is 32.2. The Morgan fingerprint density at radius 1 is 1.28 bits per heavy atom. The highest BCUT2D eigenvalue weighted by Crippen LogP contribution is 2.28. The molecule has 1 aromatic rings. The molecule has 0 aromatic heterocycles. The number of rotatable bonds is 6. The molecule has 0 saturated carbocycles. The monoisotopic (exact) mass is 369 g/mol. The first-order valence-electron chi connectivity index (χ1n) is 8.19. The van der Waals surface area contributed by atoms with Crippen LogP contribution in [0.5, 0.6) is 0 Å². The average Bonchev–Trinajstić information content (AvgIpc) is 2.96. The molecule has 7 nitrogen and oxygen atoms in total. The van der Waals surface area contributed by atoms with Gasteiger partial charge in [0.25, 0.3) is 0 Å². The zero-order valence-corrected chi connectivity index (χ0v) is 14.3. The maximum Gasteiger partial charge on any atom is 0.315 e. The quantitative estimate of drug-likeness (QED) is 0.517. The Kier molecular flexibility index (Phi) is 4.94. The van der Waals surface area contributed by atoms with Gasteiger partial charge in [0.2, 0.25) is 5.91 Å². The van der Waals surface area contributed by atoms with Crippen LogP contribution >= 0.6 is 0 Å². The molecule has 25 heavy (non-hydrogen) atoms. The van der Waals surface area contributed by atoms with Crippen molar-refractivity contribution in [3.8, 4) is 0 Å². The summed E-state index contributed by atoms with van der Waals surface area (Å²) in [5.41, 5.74) is 0.394. The van der Waals surface area contributed by atoms with E-state index in [0.717, 1.165) is 0 Å². The Morgan fingerprint density at radius 3 is 2.84 bits per heavy atom. The van der Waals surface area contributed by atoms with Gasteiger partial charge in [0.05, 0.1) is 23.1 Å². The second-order valence-electron chi connectivity index (χ2n) is 6.42. The molecule has 2 aliphatic heterocycles. The number of anilines is 1. The van der Waals surface area contributed by atoms with Gasteiger partial charge in [0.15, 0.2) is 9.84 Å². The third kappa shape index (κ3) is 4.09. The molecule has 3 atom stereocenters. The van der Waals surface area contributed by atoms with E-state index < -0.39 is 26.9 Å². The van der Waals surface area contributed by atoms with E-state index in [1.165, 1.54) is 18.2 Å². The van der Waals surface area contributed by atoms with Crippen LogP contribution in [0.1, 0.15) is 25.7 Å². The van der Waals surface area contributed by atoms with Crippen LogP contribution in [0.15, 0.2) is 24.3 Å². The minimum Gasteiger partial charge on any atom is -0.332 e. The van der Waals surface area contributed by atoms with Gasteiger partial charge < -0.3 is 16.0 Å². The Hall–Kier alpha value is -2.16. The maximum absolute atomic E-state index is 13.1. The van der Waals surface area contributed by atoms with Crippen LogP contribution in [0.2, 0.25) is 0 Å². The lowest BCUT2D eigenvalue weighted by Crippen LogP contribution is -2.39. The Balaban J connectivity index is 1.45. The van der Waals surface area contributed by atoms with E-state index in [1.807, 2.05) is 0 Å². The number of fused-ring (bicyclic) bond motifs is 1. The number of benzene rings is 1. The third-order valence-electron chi connectivity index (χ3n) is 4.57. The minimum absolute atomic E-state index is 0.0405. The number of hydrogen-bond acceptors (Lipinski definition) is 4. The average molecular weight is 369 g/mol. The van der Waals surface area contributed by atoms with E-state index in [2.05, 4.69) is 16.0 Å². The van der Waals surface area contributed by atoms with Gasteiger partial charge in [-0.05, 0) is 31.0 Å². The summed E-state index contributed by atoms with van der Waals surface area (Å²) in [6.07, 6.45) is 1.70. The van der Waals surface area contributed by atoms with Crippen molar-refractivity contribution in [2.24, 2.45) is 0 Å².